The van der Waals surface area contributed by atoms with Crippen LogP contribution >= 0.6 is 11.6 Å². The molecule has 15 heavy (non-hydrogen) atoms. The van der Waals surface area contributed by atoms with Crippen LogP contribution in [-0.2, 0) is 25.9 Å². The van der Waals surface area contributed by atoms with Gasteiger partial charge in [-0.3, -0.25) is 0 Å². The van der Waals surface area contributed by atoms with Crippen LogP contribution < -0.4 is 0 Å². The summed E-state index contributed by atoms with van der Waals surface area (Å²) in [6.07, 6.45) is 6.10. The predicted octanol–water partition coefficient (Wildman–Crippen LogP) is 0.993. The summed E-state index contributed by atoms with van der Waals surface area (Å²) in [6.45, 7) is 0.828. The Labute approximate surface area is 92.7 Å². The van der Waals surface area contributed by atoms with Crippen LogP contribution in [0.15, 0.2) is 18.9 Å². The molecule has 0 unspecified atom stereocenters. The summed E-state index contributed by atoms with van der Waals surface area (Å²) >= 11 is 5.77. The molecule has 0 bridgehead atoms. The number of hydrogen-bond acceptors (Lipinski definition) is 3. The molecular formula is C9H12ClN5. The molecule has 0 saturated heterocycles. The van der Waals surface area contributed by atoms with Gasteiger partial charge < -0.3 is 9.13 Å². The molecule has 0 amide bonds. The third-order valence-corrected chi connectivity index (χ3v) is 2.59. The normalized spacial score (nSPS) is 10.8. The molecule has 0 atom stereocenters. The van der Waals surface area contributed by atoms with Crippen LogP contribution in [0.1, 0.15) is 11.5 Å². The molecule has 80 valence electrons. The molecule has 0 aliphatic rings. The van der Waals surface area contributed by atoms with E-state index in [0.29, 0.717) is 5.88 Å². The number of alkyl halides is 1. The maximum absolute atomic E-state index is 5.77. The fourth-order valence-electron chi connectivity index (χ4n) is 1.41. The van der Waals surface area contributed by atoms with E-state index in [4.69, 9.17) is 11.6 Å². The summed E-state index contributed by atoms with van der Waals surface area (Å²) in [4.78, 5) is 4.05. The van der Waals surface area contributed by atoms with Crippen molar-refractivity contribution in [1.29, 1.82) is 0 Å². The molecule has 2 heterocycles. The van der Waals surface area contributed by atoms with Crippen LogP contribution in [0, 0.1) is 0 Å². The number of rotatable bonds is 4. The number of hydrogen-bond donors (Lipinski definition) is 0. The first kappa shape index (κ1) is 10.2. The van der Waals surface area contributed by atoms with Crippen molar-refractivity contribution in [3.8, 4) is 0 Å². The molecule has 2 aromatic rings. The summed E-state index contributed by atoms with van der Waals surface area (Å²) in [5, 5.41) is 7.84. The smallest absolute Gasteiger partial charge is 0.134 e. The highest BCUT2D eigenvalue weighted by Crippen LogP contribution is 2.04. The molecule has 5 nitrogen and oxygen atoms in total. The van der Waals surface area contributed by atoms with Crippen molar-refractivity contribution in [3.05, 3.63) is 30.4 Å². The molecular weight excluding hydrogens is 214 g/mol. The molecule has 0 fully saturated rings. The number of imidazole rings is 1. The van der Waals surface area contributed by atoms with Gasteiger partial charge in [-0.2, -0.15) is 0 Å². The van der Waals surface area contributed by atoms with Crippen LogP contribution in [0.5, 0.6) is 0 Å². The Balaban J connectivity index is 2.02. The van der Waals surface area contributed by atoms with E-state index >= 15 is 0 Å². The molecule has 0 aromatic carbocycles. The Morgan fingerprint density at radius 2 is 2.27 bits per heavy atom. The predicted molar refractivity (Wildman–Crippen MR) is 56.5 cm³/mol. The van der Waals surface area contributed by atoms with Crippen LogP contribution in [-0.4, -0.2) is 24.3 Å². The minimum atomic E-state index is 0.485. The quantitative estimate of drug-likeness (QED) is 0.730. The first-order valence-electron chi connectivity index (χ1n) is 4.69. The third-order valence-electron chi connectivity index (χ3n) is 2.32. The highest BCUT2D eigenvalue weighted by atomic mass is 35.5. The van der Waals surface area contributed by atoms with E-state index in [9.17, 15) is 0 Å². The van der Waals surface area contributed by atoms with E-state index in [1.54, 1.807) is 18.9 Å². The second-order valence-corrected chi connectivity index (χ2v) is 3.59. The first-order chi connectivity index (χ1) is 7.31. The minimum Gasteiger partial charge on any atom is -0.333 e. The van der Waals surface area contributed by atoms with E-state index in [1.165, 1.54) is 0 Å². The molecule has 0 aliphatic carbocycles. The zero-order valence-electron chi connectivity index (χ0n) is 8.47. The zero-order valence-corrected chi connectivity index (χ0v) is 9.22. The monoisotopic (exact) mass is 225 g/mol. The molecule has 0 radical (unpaired) electrons. The number of nitrogens with zero attached hydrogens (tertiary/aromatic N) is 5. The average Bonchev–Trinajstić information content (AvgIpc) is 2.83. The van der Waals surface area contributed by atoms with Crippen LogP contribution in [0.2, 0.25) is 0 Å². The summed E-state index contributed by atoms with van der Waals surface area (Å²) in [7, 11) is 1.94. The number of aromatic nitrogens is 5. The van der Waals surface area contributed by atoms with Gasteiger partial charge in [-0.05, 0) is 0 Å². The van der Waals surface area contributed by atoms with E-state index in [2.05, 4.69) is 15.2 Å². The Morgan fingerprint density at radius 1 is 1.40 bits per heavy atom. The molecule has 0 spiro atoms. The molecule has 0 N–H and O–H groups in total. The Hall–Kier alpha value is -1.36. The third kappa shape index (κ3) is 2.18. The van der Waals surface area contributed by atoms with Gasteiger partial charge in [0.2, 0.25) is 0 Å². The lowest BCUT2D eigenvalue weighted by Gasteiger charge is -2.05. The minimum absolute atomic E-state index is 0.485. The Bertz CT molecular complexity index is 433. The van der Waals surface area contributed by atoms with Gasteiger partial charge >= 0.3 is 0 Å². The summed E-state index contributed by atoms with van der Waals surface area (Å²) in [6, 6.07) is 0. The van der Waals surface area contributed by atoms with Crippen molar-refractivity contribution in [3.63, 3.8) is 0 Å². The molecule has 2 aromatic heterocycles. The zero-order chi connectivity index (χ0) is 10.7. The van der Waals surface area contributed by atoms with Crippen molar-refractivity contribution in [2.24, 2.45) is 7.05 Å². The number of aryl methyl sites for hydroxylation is 3. The fourth-order valence-corrected chi connectivity index (χ4v) is 1.64. The largest absolute Gasteiger partial charge is 0.333 e. The first-order valence-corrected chi connectivity index (χ1v) is 5.22. The van der Waals surface area contributed by atoms with Gasteiger partial charge in [0, 0.05) is 26.2 Å². The fraction of sp³-hybridized carbons (Fsp3) is 0.444. The lowest BCUT2D eigenvalue weighted by Crippen LogP contribution is -2.06. The molecule has 0 aliphatic heterocycles. The lowest BCUT2D eigenvalue weighted by atomic mass is 10.4. The standard InChI is InChI=1S/C9H12ClN5/c1-14-7-12-13-9(14)2-3-15-6-11-5-8(15)4-10/h5-7H,2-4H2,1H3. The molecule has 0 saturated carbocycles. The van der Waals surface area contributed by atoms with Crippen molar-refractivity contribution in [1.82, 2.24) is 24.3 Å². The second kappa shape index (κ2) is 4.44. The van der Waals surface area contributed by atoms with Gasteiger partial charge in [-0.1, -0.05) is 0 Å². The summed E-state index contributed by atoms with van der Waals surface area (Å²) in [5.74, 6) is 1.45. The van der Waals surface area contributed by atoms with Crippen molar-refractivity contribution in [2.75, 3.05) is 0 Å². The maximum Gasteiger partial charge on any atom is 0.134 e. The van der Waals surface area contributed by atoms with Gasteiger partial charge in [-0.15, -0.1) is 21.8 Å². The van der Waals surface area contributed by atoms with Crippen LogP contribution in [0.4, 0.5) is 0 Å². The van der Waals surface area contributed by atoms with E-state index in [0.717, 1.165) is 24.5 Å². The van der Waals surface area contributed by atoms with Crippen molar-refractivity contribution < 1.29 is 0 Å². The van der Waals surface area contributed by atoms with Gasteiger partial charge in [0.25, 0.3) is 0 Å². The maximum atomic E-state index is 5.77. The van der Waals surface area contributed by atoms with E-state index < -0.39 is 0 Å². The van der Waals surface area contributed by atoms with E-state index in [-0.39, 0.29) is 0 Å². The molecule has 6 heteroatoms. The lowest BCUT2D eigenvalue weighted by molar-refractivity contribution is 0.634. The van der Waals surface area contributed by atoms with Crippen LogP contribution in [0.25, 0.3) is 0 Å². The van der Waals surface area contributed by atoms with Gasteiger partial charge in [-0.25, -0.2) is 4.98 Å². The van der Waals surface area contributed by atoms with Crippen molar-refractivity contribution in [2.45, 2.75) is 18.8 Å². The number of halogens is 1. The average molecular weight is 226 g/mol. The topological polar surface area (TPSA) is 48.5 Å². The second-order valence-electron chi connectivity index (χ2n) is 3.32. The van der Waals surface area contributed by atoms with Gasteiger partial charge in [0.15, 0.2) is 0 Å². The Morgan fingerprint density at radius 3 is 2.93 bits per heavy atom. The SMILES string of the molecule is Cn1cnnc1CCn1cncc1CCl. The highest BCUT2D eigenvalue weighted by molar-refractivity contribution is 6.16. The summed E-state index contributed by atoms with van der Waals surface area (Å²) < 4.78 is 3.94. The Kier molecular flexibility index (Phi) is 3.01. The van der Waals surface area contributed by atoms with Gasteiger partial charge in [0.05, 0.1) is 17.9 Å². The van der Waals surface area contributed by atoms with Crippen LogP contribution in [0.3, 0.4) is 0 Å². The molecule has 2 rings (SSSR count). The highest BCUT2D eigenvalue weighted by Gasteiger charge is 2.03. The van der Waals surface area contributed by atoms with Gasteiger partial charge in [0.1, 0.15) is 12.2 Å². The van der Waals surface area contributed by atoms with E-state index in [1.807, 2.05) is 16.2 Å². The van der Waals surface area contributed by atoms with Crippen molar-refractivity contribution >= 4 is 11.6 Å². The summed E-state index contributed by atoms with van der Waals surface area (Å²) in [5.41, 5.74) is 1.03.